The van der Waals surface area contributed by atoms with Crippen LogP contribution in [0.1, 0.15) is 24.9 Å². The number of benzene rings is 1. The number of halogens is 1. The molecule has 112 valence electrons. The zero-order valence-corrected chi connectivity index (χ0v) is 13.9. The van der Waals surface area contributed by atoms with E-state index in [4.69, 9.17) is 5.73 Å². The number of anilines is 1. The summed E-state index contributed by atoms with van der Waals surface area (Å²) in [5.41, 5.74) is 7.19. The Labute approximate surface area is 132 Å². The molecule has 0 spiro atoms. The fraction of sp³-hybridized carbons (Fsp3) is 0.214. The first-order valence-corrected chi connectivity index (χ1v) is 8.69. The Balaban J connectivity index is 2.34. The van der Waals surface area contributed by atoms with Crippen molar-refractivity contribution in [1.82, 2.24) is 4.98 Å². The van der Waals surface area contributed by atoms with E-state index in [0.717, 1.165) is 12.0 Å². The van der Waals surface area contributed by atoms with Gasteiger partial charge in [-0.15, -0.1) is 0 Å². The summed E-state index contributed by atoms with van der Waals surface area (Å²) in [5.74, 6) is 0. The largest absolute Gasteiger partial charge is 0.324 e. The van der Waals surface area contributed by atoms with Gasteiger partial charge in [-0.05, 0) is 46.1 Å². The third kappa shape index (κ3) is 3.81. The van der Waals surface area contributed by atoms with Crippen LogP contribution >= 0.6 is 15.9 Å². The standard InChI is InChI=1S/C14H16BrN3O2S/c1-2-13(16)10-4-3-5-11(8-10)21(19,20)18-14-6-7-17-9-12(14)15/h3-9,13H,2,16H2,1H3,(H,17,18). The number of nitrogens with one attached hydrogen (secondary N) is 1. The summed E-state index contributed by atoms with van der Waals surface area (Å²) in [6.45, 7) is 1.96. The van der Waals surface area contributed by atoms with E-state index in [1.165, 1.54) is 12.4 Å². The molecule has 1 atom stereocenters. The van der Waals surface area contributed by atoms with Gasteiger partial charge in [0.25, 0.3) is 10.0 Å². The van der Waals surface area contributed by atoms with E-state index in [9.17, 15) is 8.42 Å². The minimum Gasteiger partial charge on any atom is -0.324 e. The molecule has 1 aromatic carbocycles. The lowest BCUT2D eigenvalue weighted by Gasteiger charge is -2.13. The van der Waals surface area contributed by atoms with Crippen LogP contribution < -0.4 is 10.5 Å². The second-order valence-electron chi connectivity index (χ2n) is 4.55. The fourth-order valence-electron chi connectivity index (χ4n) is 1.81. The molecule has 0 amide bonds. The predicted octanol–water partition coefficient (Wildman–Crippen LogP) is 3.05. The molecule has 0 saturated heterocycles. The maximum Gasteiger partial charge on any atom is 0.261 e. The molecule has 1 unspecified atom stereocenters. The predicted molar refractivity (Wildman–Crippen MR) is 86.4 cm³/mol. The van der Waals surface area contributed by atoms with Crippen molar-refractivity contribution in [3.63, 3.8) is 0 Å². The second-order valence-corrected chi connectivity index (χ2v) is 7.08. The summed E-state index contributed by atoms with van der Waals surface area (Å²) < 4.78 is 28.0. The summed E-state index contributed by atoms with van der Waals surface area (Å²) in [7, 11) is -3.66. The SMILES string of the molecule is CCC(N)c1cccc(S(=O)(=O)Nc2ccncc2Br)c1. The highest BCUT2D eigenvalue weighted by molar-refractivity contribution is 9.10. The van der Waals surface area contributed by atoms with Crippen LogP contribution in [0.5, 0.6) is 0 Å². The minimum atomic E-state index is -3.66. The van der Waals surface area contributed by atoms with Crippen LogP contribution in [-0.2, 0) is 10.0 Å². The molecule has 0 bridgehead atoms. The number of pyridine rings is 1. The first kappa shape index (κ1) is 15.9. The van der Waals surface area contributed by atoms with Gasteiger partial charge in [0.15, 0.2) is 0 Å². The number of sulfonamides is 1. The molecule has 3 N–H and O–H groups in total. The van der Waals surface area contributed by atoms with E-state index in [1.54, 1.807) is 24.3 Å². The van der Waals surface area contributed by atoms with Crippen molar-refractivity contribution < 1.29 is 8.42 Å². The Hall–Kier alpha value is -1.44. The van der Waals surface area contributed by atoms with E-state index in [1.807, 2.05) is 13.0 Å². The molecular formula is C14H16BrN3O2S. The Morgan fingerprint density at radius 1 is 1.38 bits per heavy atom. The van der Waals surface area contributed by atoms with Gasteiger partial charge < -0.3 is 5.73 Å². The van der Waals surface area contributed by atoms with Gasteiger partial charge in [-0.2, -0.15) is 0 Å². The zero-order valence-electron chi connectivity index (χ0n) is 11.5. The molecule has 0 aliphatic carbocycles. The molecule has 0 aliphatic heterocycles. The van der Waals surface area contributed by atoms with Crippen LogP contribution in [0, 0.1) is 0 Å². The highest BCUT2D eigenvalue weighted by Crippen LogP contribution is 2.25. The molecule has 5 nitrogen and oxygen atoms in total. The second kappa shape index (κ2) is 6.55. The molecule has 1 heterocycles. The lowest BCUT2D eigenvalue weighted by Crippen LogP contribution is -2.15. The Kier molecular flexibility index (Phi) is 4.97. The average molecular weight is 370 g/mol. The van der Waals surface area contributed by atoms with Crippen molar-refractivity contribution in [2.24, 2.45) is 5.73 Å². The van der Waals surface area contributed by atoms with Gasteiger partial charge in [0.2, 0.25) is 0 Å². The molecule has 0 saturated carbocycles. The fourth-order valence-corrected chi connectivity index (χ4v) is 3.42. The van der Waals surface area contributed by atoms with Crippen molar-refractivity contribution in [3.05, 3.63) is 52.8 Å². The molecule has 1 aromatic heterocycles. The monoisotopic (exact) mass is 369 g/mol. The molecule has 0 radical (unpaired) electrons. The summed E-state index contributed by atoms with van der Waals surface area (Å²) >= 11 is 3.26. The summed E-state index contributed by atoms with van der Waals surface area (Å²) in [6, 6.07) is 8.09. The number of hydrogen-bond acceptors (Lipinski definition) is 4. The van der Waals surface area contributed by atoms with E-state index >= 15 is 0 Å². The van der Waals surface area contributed by atoms with Gasteiger partial charge >= 0.3 is 0 Å². The van der Waals surface area contributed by atoms with E-state index < -0.39 is 10.0 Å². The quantitative estimate of drug-likeness (QED) is 0.847. The van der Waals surface area contributed by atoms with Crippen molar-refractivity contribution in [2.75, 3.05) is 4.72 Å². The van der Waals surface area contributed by atoms with Gasteiger partial charge in [0, 0.05) is 18.4 Å². The topological polar surface area (TPSA) is 85.1 Å². The van der Waals surface area contributed by atoms with Gasteiger partial charge in [-0.25, -0.2) is 8.42 Å². The van der Waals surface area contributed by atoms with Gasteiger partial charge in [0.05, 0.1) is 15.1 Å². The van der Waals surface area contributed by atoms with Crippen LogP contribution in [0.2, 0.25) is 0 Å². The van der Waals surface area contributed by atoms with Crippen LogP contribution in [-0.4, -0.2) is 13.4 Å². The molecule has 7 heteroatoms. The third-order valence-corrected chi connectivity index (χ3v) is 5.05. The Bertz CT molecular complexity index is 735. The zero-order chi connectivity index (χ0) is 15.5. The Morgan fingerprint density at radius 2 is 2.14 bits per heavy atom. The van der Waals surface area contributed by atoms with Crippen molar-refractivity contribution >= 4 is 31.6 Å². The molecular weight excluding hydrogens is 354 g/mol. The lowest BCUT2D eigenvalue weighted by atomic mass is 10.1. The number of aromatic nitrogens is 1. The summed E-state index contributed by atoms with van der Waals surface area (Å²) in [6.07, 6.45) is 3.79. The maximum absolute atomic E-state index is 12.4. The highest BCUT2D eigenvalue weighted by atomic mass is 79.9. The van der Waals surface area contributed by atoms with Crippen LogP contribution in [0.15, 0.2) is 52.1 Å². The lowest BCUT2D eigenvalue weighted by molar-refractivity contribution is 0.600. The van der Waals surface area contributed by atoms with Crippen LogP contribution in [0.25, 0.3) is 0 Å². The number of nitrogens with two attached hydrogens (primary N) is 1. The first-order chi connectivity index (χ1) is 9.94. The van der Waals surface area contributed by atoms with E-state index in [-0.39, 0.29) is 10.9 Å². The minimum absolute atomic E-state index is 0.173. The maximum atomic E-state index is 12.4. The number of hydrogen-bond donors (Lipinski definition) is 2. The van der Waals surface area contributed by atoms with E-state index in [0.29, 0.717) is 10.2 Å². The highest BCUT2D eigenvalue weighted by Gasteiger charge is 2.17. The van der Waals surface area contributed by atoms with Gasteiger partial charge in [-0.3, -0.25) is 9.71 Å². The average Bonchev–Trinajstić information content (AvgIpc) is 2.49. The van der Waals surface area contributed by atoms with Crippen molar-refractivity contribution in [2.45, 2.75) is 24.3 Å². The Morgan fingerprint density at radius 3 is 2.81 bits per heavy atom. The molecule has 2 rings (SSSR count). The molecule has 21 heavy (non-hydrogen) atoms. The van der Waals surface area contributed by atoms with Crippen LogP contribution in [0.4, 0.5) is 5.69 Å². The van der Waals surface area contributed by atoms with Crippen molar-refractivity contribution in [3.8, 4) is 0 Å². The normalized spacial score (nSPS) is 12.9. The smallest absolute Gasteiger partial charge is 0.261 e. The molecule has 0 fully saturated rings. The summed E-state index contributed by atoms with van der Waals surface area (Å²) in [4.78, 5) is 4.09. The number of nitrogens with zero attached hydrogens (tertiary/aromatic N) is 1. The van der Waals surface area contributed by atoms with E-state index in [2.05, 4.69) is 25.6 Å². The van der Waals surface area contributed by atoms with Crippen molar-refractivity contribution in [1.29, 1.82) is 0 Å². The number of rotatable bonds is 5. The molecule has 0 aliphatic rings. The van der Waals surface area contributed by atoms with Gasteiger partial charge in [-0.1, -0.05) is 19.1 Å². The third-order valence-electron chi connectivity index (χ3n) is 3.05. The van der Waals surface area contributed by atoms with Crippen LogP contribution in [0.3, 0.4) is 0 Å². The molecule has 2 aromatic rings. The summed E-state index contributed by atoms with van der Waals surface area (Å²) in [5, 5.41) is 0. The van der Waals surface area contributed by atoms with Gasteiger partial charge in [0.1, 0.15) is 0 Å². The first-order valence-electron chi connectivity index (χ1n) is 6.42.